The van der Waals surface area contributed by atoms with Gasteiger partial charge in [-0.2, -0.15) is 0 Å². The maximum atomic E-state index is 10.3. The summed E-state index contributed by atoms with van der Waals surface area (Å²) in [6.45, 7) is 0.165. The highest BCUT2D eigenvalue weighted by molar-refractivity contribution is 5.37. The van der Waals surface area contributed by atoms with Crippen molar-refractivity contribution in [1.29, 1.82) is 0 Å². The van der Waals surface area contributed by atoms with Gasteiger partial charge in [-0.3, -0.25) is 0 Å². The smallest absolute Gasteiger partial charge is 0.230 e. The zero-order valence-electron chi connectivity index (χ0n) is 22.3. The van der Waals surface area contributed by atoms with Crippen molar-refractivity contribution in [3.05, 3.63) is 133 Å². The highest BCUT2D eigenvalue weighted by Gasteiger charge is 2.08. The molecule has 7 heteroatoms. The van der Waals surface area contributed by atoms with Crippen molar-refractivity contribution < 1.29 is 33.5 Å². The maximum absolute atomic E-state index is 10.3. The summed E-state index contributed by atoms with van der Waals surface area (Å²) in [6, 6.07) is 40.8. The molecule has 0 aliphatic carbocycles. The van der Waals surface area contributed by atoms with Crippen LogP contribution in [0.5, 0.6) is 46.0 Å². The molecule has 5 aromatic carbocycles. The van der Waals surface area contributed by atoms with Gasteiger partial charge in [-0.1, -0.05) is 42.5 Å². The molecular formula is C34H30O7. The van der Waals surface area contributed by atoms with Gasteiger partial charge >= 0.3 is 0 Å². The largest absolute Gasteiger partial charge is 0.491 e. The molecule has 0 amide bonds. The minimum atomic E-state index is -0.822. The quantitative estimate of drug-likeness (QED) is 0.143. The van der Waals surface area contributed by atoms with E-state index in [0.29, 0.717) is 34.5 Å². The third-order valence-corrected chi connectivity index (χ3v) is 5.75. The van der Waals surface area contributed by atoms with Crippen LogP contribution < -0.4 is 28.4 Å². The molecule has 0 radical (unpaired) electrons. The molecule has 0 saturated carbocycles. The number of aliphatic hydroxyl groups is 1. The second-order valence-corrected chi connectivity index (χ2v) is 8.93. The predicted octanol–water partition coefficient (Wildman–Crippen LogP) is 7.51. The Hall–Kier alpha value is -5.14. The molecule has 1 atom stereocenters. The van der Waals surface area contributed by atoms with Crippen LogP contribution in [0.2, 0.25) is 0 Å². The fourth-order valence-electron chi connectivity index (χ4n) is 3.71. The molecule has 0 bridgehead atoms. The minimum Gasteiger partial charge on any atom is -0.491 e. The SMILES string of the molecule is OC(COc1ccc(Oc2ccccc2)cc1)COc1cccc(OCOc2ccc(Oc3ccccc3)cc2)c1. The Morgan fingerprint density at radius 3 is 1.29 bits per heavy atom. The van der Waals surface area contributed by atoms with E-state index in [0.717, 1.165) is 11.5 Å². The molecule has 5 aromatic rings. The van der Waals surface area contributed by atoms with Gasteiger partial charge in [0.15, 0.2) is 0 Å². The summed E-state index contributed by atoms with van der Waals surface area (Å²) in [7, 11) is 0. The van der Waals surface area contributed by atoms with E-state index in [-0.39, 0.29) is 20.0 Å². The van der Waals surface area contributed by atoms with E-state index in [9.17, 15) is 5.11 Å². The van der Waals surface area contributed by atoms with E-state index in [4.69, 9.17) is 28.4 Å². The van der Waals surface area contributed by atoms with Gasteiger partial charge in [-0.05, 0) is 84.9 Å². The molecule has 5 rings (SSSR count). The summed E-state index contributed by atoms with van der Waals surface area (Å²) in [6.07, 6.45) is -0.822. The molecule has 0 fully saturated rings. The highest BCUT2D eigenvalue weighted by Crippen LogP contribution is 2.25. The number of para-hydroxylation sites is 2. The van der Waals surface area contributed by atoms with Crippen molar-refractivity contribution >= 4 is 0 Å². The van der Waals surface area contributed by atoms with Crippen LogP contribution in [0.3, 0.4) is 0 Å². The first-order valence-electron chi connectivity index (χ1n) is 13.1. The molecule has 41 heavy (non-hydrogen) atoms. The number of rotatable bonds is 14. The second kappa shape index (κ2) is 14.3. The van der Waals surface area contributed by atoms with Gasteiger partial charge in [0.05, 0.1) is 0 Å². The summed E-state index contributed by atoms with van der Waals surface area (Å²) < 4.78 is 34.4. The number of ether oxygens (including phenoxy) is 6. The lowest BCUT2D eigenvalue weighted by molar-refractivity contribution is 0.0623. The Balaban J connectivity index is 1.01. The third kappa shape index (κ3) is 8.95. The van der Waals surface area contributed by atoms with Crippen molar-refractivity contribution in [2.45, 2.75) is 6.10 Å². The van der Waals surface area contributed by atoms with Crippen molar-refractivity contribution in [2.75, 3.05) is 20.0 Å². The molecule has 1 unspecified atom stereocenters. The molecule has 0 saturated heterocycles. The zero-order valence-corrected chi connectivity index (χ0v) is 22.3. The van der Waals surface area contributed by atoms with E-state index >= 15 is 0 Å². The summed E-state index contributed by atoms with van der Waals surface area (Å²) in [5.41, 5.74) is 0. The Kier molecular flexibility index (Phi) is 9.57. The van der Waals surface area contributed by atoms with Crippen LogP contribution in [0.25, 0.3) is 0 Å². The minimum absolute atomic E-state index is 0.0218. The normalized spacial score (nSPS) is 11.2. The van der Waals surface area contributed by atoms with E-state index in [1.165, 1.54) is 0 Å². The van der Waals surface area contributed by atoms with Crippen LogP contribution in [0.1, 0.15) is 0 Å². The van der Waals surface area contributed by atoms with Crippen molar-refractivity contribution in [2.24, 2.45) is 0 Å². The summed E-state index contributed by atoms with van der Waals surface area (Å²) in [5.74, 6) is 5.36. The van der Waals surface area contributed by atoms with E-state index < -0.39 is 6.10 Å². The standard InChI is InChI=1S/C34H30O7/c35-26(23-36-27-14-18-31(19-15-27)40-29-8-3-1-4-9-29)24-37-33-12-7-13-34(22-33)39-25-38-28-16-20-32(21-17-28)41-30-10-5-2-6-11-30/h1-22,26,35H,23-25H2. The fourth-order valence-corrected chi connectivity index (χ4v) is 3.71. The first kappa shape index (κ1) is 27.4. The molecule has 208 valence electrons. The van der Waals surface area contributed by atoms with Crippen molar-refractivity contribution in [1.82, 2.24) is 0 Å². The van der Waals surface area contributed by atoms with Crippen LogP contribution >= 0.6 is 0 Å². The maximum Gasteiger partial charge on any atom is 0.230 e. The van der Waals surface area contributed by atoms with Crippen LogP contribution in [-0.4, -0.2) is 31.2 Å². The van der Waals surface area contributed by atoms with Gasteiger partial charge in [0.25, 0.3) is 0 Å². The summed E-state index contributed by atoms with van der Waals surface area (Å²) in [4.78, 5) is 0. The van der Waals surface area contributed by atoms with Gasteiger partial charge in [-0.15, -0.1) is 0 Å². The Bertz CT molecular complexity index is 1460. The summed E-state index contributed by atoms with van der Waals surface area (Å²) in [5, 5.41) is 10.3. The lowest BCUT2D eigenvalue weighted by Gasteiger charge is -2.15. The Morgan fingerprint density at radius 1 is 0.390 bits per heavy atom. The van der Waals surface area contributed by atoms with Gasteiger partial charge in [0, 0.05) is 6.07 Å². The molecule has 0 spiro atoms. The number of hydrogen-bond donors (Lipinski definition) is 1. The molecule has 0 aromatic heterocycles. The number of aliphatic hydroxyl groups excluding tert-OH is 1. The van der Waals surface area contributed by atoms with Gasteiger partial charge in [-0.25, -0.2) is 0 Å². The number of hydrogen-bond acceptors (Lipinski definition) is 7. The molecular weight excluding hydrogens is 520 g/mol. The van der Waals surface area contributed by atoms with Crippen molar-refractivity contribution in [3.8, 4) is 46.0 Å². The number of benzene rings is 5. The lowest BCUT2D eigenvalue weighted by Crippen LogP contribution is -2.25. The average molecular weight is 551 g/mol. The Labute approximate surface area is 239 Å². The molecule has 7 nitrogen and oxygen atoms in total. The lowest BCUT2D eigenvalue weighted by atomic mass is 10.3. The molecule has 0 heterocycles. The van der Waals surface area contributed by atoms with Gasteiger partial charge in [0.1, 0.15) is 65.3 Å². The van der Waals surface area contributed by atoms with Crippen LogP contribution in [-0.2, 0) is 0 Å². The second-order valence-electron chi connectivity index (χ2n) is 8.93. The van der Waals surface area contributed by atoms with Gasteiger partial charge < -0.3 is 33.5 Å². The molecule has 1 N–H and O–H groups in total. The fraction of sp³-hybridized carbons (Fsp3) is 0.118. The van der Waals surface area contributed by atoms with E-state index in [1.54, 1.807) is 30.3 Å². The Morgan fingerprint density at radius 2 is 0.756 bits per heavy atom. The zero-order chi connectivity index (χ0) is 28.1. The van der Waals surface area contributed by atoms with Crippen molar-refractivity contribution in [3.63, 3.8) is 0 Å². The third-order valence-electron chi connectivity index (χ3n) is 5.75. The summed E-state index contributed by atoms with van der Waals surface area (Å²) >= 11 is 0. The first-order chi connectivity index (χ1) is 20.2. The topological polar surface area (TPSA) is 75.6 Å². The monoisotopic (exact) mass is 550 g/mol. The van der Waals surface area contributed by atoms with E-state index in [2.05, 4.69) is 0 Å². The van der Waals surface area contributed by atoms with Gasteiger partial charge in [0.2, 0.25) is 6.79 Å². The average Bonchev–Trinajstić information content (AvgIpc) is 3.02. The van der Waals surface area contributed by atoms with E-state index in [1.807, 2.05) is 103 Å². The molecule has 0 aliphatic rings. The van der Waals surface area contributed by atoms with Crippen LogP contribution in [0, 0.1) is 0 Å². The molecule has 0 aliphatic heterocycles. The first-order valence-corrected chi connectivity index (χ1v) is 13.1. The highest BCUT2D eigenvalue weighted by atomic mass is 16.7. The van der Waals surface area contributed by atoms with Crippen LogP contribution in [0.15, 0.2) is 133 Å². The predicted molar refractivity (Wildman–Crippen MR) is 155 cm³/mol. The van der Waals surface area contributed by atoms with Crippen LogP contribution in [0.4, 0.5) is 0 Å².